The molecule has 76 valence electrons. The minimum absolute atomic E-state index is 0.160. The first-order valence-electron chi connectivity index (χ1n) is 4.82. The SMILES string of the molecule is CCCC(C#N)C(O)CCCSC. The molecule has 0 aliphatic rings. The Hall–Kier alpha value is -0.200. The molecule has 2 atom stereocenters. The van der Waals surface area contributed by atoms with Gasteiger partial charge < -0.3 is 5.11 Å². The van der Waals surface area contributed by atoms with Gasteiger partial charge in [-0.25, -0.2) is 0 Å². The smallest absolute Gasteiger partial charge is 0.0722 e. The minimum Gasteiger partial charge on any atom is -0.392 e. The van der Waals surface area contributed by atoms with Gasteiger partial charge in [-0.05, 0) is 31.3 Å². The van der Waals surface area contributed by atoms with Crippen LogP contribution in [-0.2, 0) is 0 Å². The highest BCUT2D eigenvalue weighted by molar-refractivity contribution is 7.98. The number of thioether (sulfide) groups is 1. The third kappa shape index (κ3) is 5.95. The van der Waals surface area contributed by atoms with Gasteiger partial charge in [-0.15, -0.1) is 0 Å². The second-order valence-corrected chi connectivity index (χ2v) is 4.21. The Bertz CT molecular complexity index is 155. The molecule has 0 aromatic carbocycles. The number of nitriles is 1. The number of hydrogen-bond acceptors (Lipinski definition) is 3. The van der Waals surface area contributed by atoms with Crippen LogP contribution in [0.1, 0.15) is 32.6 Å². The van der Waals surface area contributed by atoms with Crippen molar-refractivity contribution in [1.82, 2.24) is 0 Å². The molecule has 0 bridgehead atoms. The average Bonchev–Trinajstić information content (AvgIpc) is 2.14. The number of nitrogens with zero attached hydrogens (tertiary/aromatic N) is 1. The van der Waals surface area contributed by atoms with E-state index in [0.29, 0.717) is 0 Å². The lowest BCUT2D eigenvalue weighted by Crippen LogP contribution is -2.18. The van der Waals surface area contributed by atoms with Gasteiger partial charge in [0.1, 0.15) is 0 Å². The maximum Gasteiger partial charge on any atom is 0.0722 e. The molecule has 0 rings (SSSR count). The van der Waals surface area contributed by atoms with Gasteiger partial charge in [-0.3, -0.25) is 0 Å². The van der Waals surface area contributed by atoms with Crippen molar-refractivity contribution in [2.75, 3.05) is 12.0 Å². The molecule has 0 saturated carbocycles. The fourth-order valence-electron chi connectivity index (χ4n) is 1.29. The number of aliphatic hydroxyl groups is 1. The highest BCUT2D eigenvalue weighted by atomic mass is 32.2. The predicted molar refractivity (Wildman–Crippen MR) is 57.6 cm³/mol. The molecule has 0 spiro atoms. The van der Waals surface area contributed by atoms with Crippen molar-refractivity contribution in [2.24, 2.45) is 5.92 Å². The summed E-state index contributed by atoms with van der Waals surface area (Å²) >= 11 is 1.78. The van der Waals surface area contributed by atoms with Gasteiger partial charge in [-0.1, -0.05) is 13.3 Å². The van der Waals surface area contributed by atoms with E-state index in [1.807, 2.05) is 6.92 Å². The third-order valence-electron chi connectivity index (χ3n) is 2.08. The van der Waals surface area contributed by atoms with E-state index in [4.69, 9.17) is 5.26 Å². The van der Waals surface area contributed by atoms with E-state index < -0.39 is 6.10 Å². The van der Waals surface area contributed by atoms with Crippen molar-refractivity contribution < 1.29 is 5.11 Å². The minimum atomic E-state index is -0.419. The van der Waals surface area contributed by atoms with E-state index in [1.54, 1.807) is 11.8 Å². The normalized spacial score (nSPS) is 14.9. The first kappa shape index (κ1) is 12.8. The Morgan fingerprint density at radius 2 is 2.15 bits per heavy atom. The molecule has 0 saturated heterocycles. The van der Waals surface area contributed by atoms with Gasteiger partial charge in [0.2, 0.25) is 0 Å². The maximum absolute atomic E-state index is 9.63. The Labute approximate surface area is 85.3 Å². The molecule has 0 fully saturated rings. The van der Waals surface area contributed by atoms with Gasteiger partial charge >= 0.3 is 0 Å². The molecule has 0 radical (unpaired) electrons. The summed E-state index contributed by atoms with van der Waals surface area (Å²) < 4.78 is 0. The topological polar surface area (TPSA) is 44.0 Å². The molecule has 0 aliphatic carbocycles. The van der Waals surface area contributed by atoms with E-state index in [2.05, 4.69) is 12.3 Å². The molecule has 13 heavy (non-hydrogen) atoms. The first-order chi connectivity index (χ1) is 6.26. The summed E-state index contributed by atoms with van der Waals surface area (Å²) in [6, 6.07) is 2.17. The van der Waals surface area contributed by atoms with E-state index in [9.17, 15) is 5.11 Å². The second-order valence-electron chi connectivity index (χ2n) is 3.23. The van der Waals surface area contributed by atoms with Crippen molar-refractivity contribution in [3.63, 3.8) is 0 Å². The fourth-order valence-corrected chi connectivity index (χ4v) is 1.75. The summed E-state index contributed by atoms with van der Waals surface area (Å²) in [5.41, 5.74) is 0. The summed E-state index contributed by atoms with van der Waals surface area (Å²) in [5, 5.41) is 18.4. The van der Waals surface area contributed by atoms with E-state index in [1.165, 1.54) is 0 Å². The summed E-state index contributed by atoms with van der Waals surface area (Å²) in [5.74, 6) is 0.910. The highest BCUT2D eigenvalue weighted by Crippen LogP contribution is 2.15. The van der Waals surface area contributed by atoms with Crippen LogP contribution in [0.5, 0.6) is 0 Å². The Morgan fingerprint density at radius 3 is 2.62 bits per heavy atom. The fraction of sp³-hybridized carbons (Fsp3) is 0.900. The van der Waals surface area contributed by atoms with Gasteiger partial charge in [0.25, 0.3) is 0 Å². The van der Waals surface area contributed by atoms with Crippen molar-refractivity contribution in [2.45, 2.75) is 38.7 Å². The van der Waals surface area contributed by atoms with E-state index >= 15 is 0 Å². The molecule has 3 heteroatoms. The van der Waals surface area contributed by atoms with Gasteiger partial charge in [0, 0.05) is 0 Å². The third-order valence-corrected chi connectivity index (χ3v) is 2.78. The monoisotopic (exact) mass is 201 g/mol. The first-order valence-corrected chi connectivity index (χ1v) is 6.22. The largest absolute Gasteiger partial charge is 0.392 e. The molecular weight excluding hydrogens is 182 g/mol. The van der Waals surface area contributed by atoms with Crippen LogP contribution < -0.4 is 0 Å². The standard InChI is InChI=1S/C10H19NOS/c1-3-5-9(8-11)10(12)6-4-7-13-2/h9-10,12H,3-7H2,1-2H3. The number of rotatable bonds is 7. The molecule has 0 amide bonds. The summed E-state index contributed by atoms with van der Waals surface area (Å²) in [7, 11) is 0. The van der Waals surface area contributed by atoms with Crippen LogP contribution in [0.2, 0.25) is 0 Å². The molecule has 2 unspecified atom stereocenters. The predicted octanol–water partition coefficient (Wildman–Crippen LogP) is 2.43. The lowest BCUT2D eigenvalue weighted by molar-refractivity contribution is 0.119. The zero-order chi connectivity index (χ0) is 10.1. The van der Waals surface area contributed by atoms with Gasteiger partial charge in [0.15, 0.2) is 0 Å². The van der Waals surface area contributed by atoms with Crippen molar-refractivity contribution >= 4 is 11.8 Å². The molecule has 2 nitrogen and oxygen atoms in total. The summed E-state index contributed by atoms with van der Waals surface area (Å²) in [4.78, 5) is 0. The lowest BCUT2D eigenvalue weighted by atomic mass is 9.96. The molecule has 0 aliphatic heterocycles. The molecular formula is C10H19NOS. The van der Waals surface area contributed by atoms with Crippen LogP contribution in [0.4, 0.5) is 0 Å². The van der Waals surface area contributed by atoms with E-state index in [-0.39, 0.29) is 5.92 Å². The summed E-state index contributed by atoms with van der Waals surface area (Å²) in [6.07, 6.45) is 5.19. The van der Waals surface area contributed by atoms with Crippen LogP contribution in [0.3, 0.4) is 0 Å². The van der Waals surface area contributed by atoms with Crippen LogP contribution >= 0.6 is 11.8 Å². The number of aliphatic hydroxyl groups excluding tert-OH is 1. The Kier molecular flexibility index (Phi) is 8.27. The maximum atomic E-state index is 9.63. The van der Waals surface area contributed by atoms with Crippen molar-refractivity contribution in [1.29, 1.82) is 5.26 Å². The highest BCUT2D eigenvalue weighted by Gasteiger charge is 2.16. The Morgan fingerprint density at radius 1 is 1.46 bits per heavy atom. The lowest BCUT2D eigenvalue weighted by Gasteiger charge is -2.15. The average molecular weight is 201 g/mol. The van der Waals surface area contributed by atoms with Gasteiger partial charge in [0.05, 0.1) is 18.1 Å². The van der Waals surface area contributed by atoms with Crippen LogP contribution in [0, 0.1) is 17.2 Å². The zero-order valence-corrected chi connectivity index (χ0v) is 9.31. The van der Waals surface area contributed by atoms with Crippen molar-refractivity contribution in [3.05, 3.63) is 0 Å². The van der Waals surface area contributed by atoms with E-state index in [0.717, 1.165) is 31.4 Å². The quantitative estimate of drug-likeness (QED) is 0.643. The number of hydrogen-bond donors (Lipinski definition) is 1. The molecule has 0 aromatic rings. The van der Waals surface area contributed by atoms with Crippen molar-refractivity contribution in [3.8, 4) is 6.07 Å². The van der Waals surface area contributed by atoms with Crippen LogP contribution in [-0.4, -0.2) is 23.2 Å². The zero-order valence-electron chi connectivity index (χ0n) is 8.49. The summed E-state index contributed by atoms with van der Waals surface area (Å²) in [6.45, 7) is 2.04. The second kappa shape index (κ2) is 8.40. The van der Waals surface area contributed by atoms with Gasteiger partial charge in [-0.2, -0.15) is 17.0 Å². The van der Waals surface area contributed by atoms with Crippen LogP contribution in [0.25, 0.3) is 0 Å². The molecule has 1 N–H and O–H groups in total. The molecule has 0 heterocycles. The molecule has 0 aromatic heterocycles. The van der Waals surface area contributed by atoms with Crippen LogP contribution in [0.15, 0.2) is 0 Å². The Balaban J connectivity index is 3.65.